The first-order chi connectivity index (χ1) is 4.79. The average Bonchev–Trinajstić information content (AvgIpc) is 1.88. The SMILES string of the molecule is CC(O)Nc1cccnc1. The van der Waals surface area contributed by atoms with Gasteiger partial charge in [-0.1, -0.05) is 0 Å². The van der Waals surface area contributed by atoms with E-state index in [0.29, 0.717) is 0 Å². The van der Waals surface area contributed by atoms with Gasteiger partial charge in [0, 0.05) is 12.4 Å². The van der Waals surface area contributed by atoms with E-state index in [1.807, 2.05) is 12.1 Å². The topological polar surface area (TPSA) is 45.1 Å². The van der Waals surface area contributed by atoms with Gasteiger partial charge in [0.1, 0.15) is 6.23 Å². The fourth-order valence-corrected chi connectivity index (χ4v) is 0.689. The Morgan fingerprint density at radius 3 is 3.00 bits per heavy atom. The molecule has 1 atom stereocenters. The smallest absolute Gasteiger partial charge is 0.121 e. The Labute approximate surface area is 59.7 Å². The first-order valence-corrected chi connectivity index (χ1v) is 3.13. The molecule has 0 aromatic carbocycles. The van der Waals surface area contributed by atoms with E-state index in [0.717, 1.165) is 5.69 Å². The van der Waals surface area contributed by atoms with Crippen LogP contribution in [0.5, 0.6) is 0 Å². The van der Waals surface area contributed by atoms with Crippen molar-refractivity contribution in [2.24, 2.45) is 0 Å². The van der Waals surface area contributed by atoms with Crippen LogP contribution in [0, 0.1) is 0 Å². The third-order valence-corrected chi connectivity index (χ3v) is 1.04. The van der Waals surface area contributed by atoms with E-state index in [2.05, 4.69) is 10.3 Å². The molecule has 3 heteroatoms. The Kier molecular flexibility index (Phi) is 2.23. The van der Waals surface area contributed by atoms with Crippen LogP contribution < -0.4 is 5.32 Å². The van der Waals surface area contributed by atoms with Crippen molar-refractivity contribution in [1.82, 2.24) is 4.98 Å². The van der Waals surface area contributed by atoms with Crippen molar-refractivity contribution in [3.05, 3.63) is 24.5 Å². The Morgan fingerprint density at radius 2 is 2.50 bits per heavy atom. The number of nitrogens with one attached hydrogen (secondary N) is 1. The van der Waals surface area contributed by atoms with Crippen molar-refractivity contribution in [3.8, 4) is 0 Å². The third-order valence-electron chi connectivity index (χ3n) is 1.04. The third kappa shape index (κ3) is 2.03. The first kappa shape index (κ1) is 7.02. The molecule has 0 aliphatic heterocycles. The van der Waals surface area contributed by atoms with Crippen LogP contribution in [0.4, 0.5) is 5.69 Å². The lowest BCUT2D eigenvalue weighted by atomic mass is 10.4. The van der Waals surface area contributed by atoms with E-state index in [9.17, 15) is 0 Å². The van der Waals surface area contributed by atoms with E-state index in [-0.39, 0.29) is 0 Å². The van der Waals surface area contributed by atoms with Crippen LogP contribution >= 0.6 is 0 Å². The molecule has 0 bridgehead atoms. The van der Waals surface area contributed by atoms with Crippen LogP contribution in [0.25, 0.3) is 0 Å². The van der Waals surface area contributed by atoms with Gasteiger partial charge in [-0.25, -0.2) is 0 Å². The van der Waals surface area contributed by atoms with Crippen LogP contribution in [0.3, 0.4) is 0 Å². The summed E-state index contributed by atoms with van der Waals surface area (Å²) in [5.41, 5.74) is 0.831. The van der Waals surface area contributed by atoms with Gasteiger partial charge in [-0.2, -0.15) is 0 Å². The molecular weight excluding hydrogens is 128 g/mol. The van der Waals surface area contributed by atoms with Gasteiger partial charge in [0.05, 0.1) is 5.69 Å². The molecule has 0 saturated heterocycles. The highest BCUT2D eigenvalue weighted by atomic mass is 16.3. The van der Waals surface area contributed by atoms with E-state index in [1.165, 1.54) is 0 Å². The largest absolute Gasteiger partial charge is 0.374 e. The van der Waals surface area contributed by atoms with Gasteiger partial charge in [0.15, 0.2) is 0 Å². The number of aliphatic hydroxyl groups is 1. The molecule has 10 heavy (non-hydrogen) atoms. The summed E-state index contributed by atoms with van der Waals surface area (Å²) in [6, 6.07) is 3.66. The molecule has 1 unspecified atom stereocenters. The van der Waals surface area contributed by atoms with E-state index >= 15 is 0 Å². The highest BCUT2D eigenvalue weighted by Gasteiger charge is 1.92. The number of pyridine rings is 1. The fraction of sp³-hybridized carbons (Fsp3) is 0.286. The average molecular weight is 138 g/mol. The minimum Gasteiger partial charge on any atom is -0.374 e. The number of aromatic nitrogens is 1. The van der Waals surface area contributed by atoms with Crippen LogP contribution in [0.15, 0.2) is 24.5 Å². The van der Waals surface area contributed by atoms with Crippen molar-refractivity contribution in [3.63, 3.8) is 0 Å². The zero-order chi connectivity index (χ0) is 7.40. The first-order valence-electron chi connectivity index (χ1n) is 3.13. The Hall–Kier alpha value is -1.09. The molecule has 1 heterocycles. The number of anilines is 1. The second-order valence-corrected chi connectivity index (χ2v) is 2.06. The minimum absolute atomic E-state index is 0.524. The van der Waals surface area contributed by atoms with Crippen LogP contribution in [0.2, 0.25) is 0 Å². The molecule has 0 radical (unpaired) electrons. The lowest BCUT2D eigenvalue weighted by Crippen LogP contribution is -2.13. The lowest BCUT2D eigenvalue weighted by molar-refractivity contribution is 0.224. The summed E-state index contributed by atoms with van der Waals surface area (Å²) in [5, 5.41) is 11.7. The summed E-state index contributed by atoms with van der Waals surface area (Å²) in [7, 11) is 0. The van der Waals surface area contributed by atoms with Crippen LogP contribution in [-0.4, -0.2) is 16.3 Å². The Balaban J connectivity index is 2.59. The van der Waals surface area contributed by atoms with Gasteiger partial charge in [-0.3, -0.25) is 4.98 Å². The highest BCUT2D eigenvalue weighted by molar-refractivity contribution is 5.39. The minimum atomic E-state index is -0.524. The molecule has 3 nitrogen and oxygen atoms in total. The van der Waals surface area contributed by atoms with Gasteiger partial charge in [-0.05, 0) is 19.1 Å². The summed E-state index contributed by atoms with van der Waals surface area (Å²) in [6.45, 7) is 1.66. The normalized spacial score (nSPS) is 12.6. The van der Waals surface area contributed by atoms with Crippen LogP contribution in [0.1, 0.15) is 6.92 Å². The molecule has 0 saturated carbocycles. The number of aliphatic hydroxyl groups excluding tert-OH is 1. The number of rotatable bonds is 2. The fourth-order valence-electron chi connectivity index (χ4n) is 0.689. The quantitative estimate of drug-likeness (QED) is 0.595. The Bertz CT molecular complexity index is 186. The van der Waals surface area contributed by atoms with Crippen molar-refractivity contribution >= 4 is 5.69 Å². The summed E-state index contributed by atoms with van der Waals surface area (Å²) < 4.78 is 0. The number of hydrogen-bond acceptors (Lipinski definition) is 3. The van der Waals surface area contributed by atoms with E-state index in [4.69, 9.17) is 5.11 Å². The molecule has 0 aliphatic rings. The van der Waals surface area contributed by atoms with Gasteiger partial charge >= 0.3 is 0 Å². The molecule has 54 valence electrons. The second-order valence-electron chi connectivity index (χ2n) is 2.06. The van der Waals surface area contributed by atoms with Gasteiger partial charge in [-0.15, -0.1) is 0 Å². The summed E-state index contributed by atoms with van der Waals surface area (Å²) >= 11 is 0. The molecule has 0 aliphatic carbocycles. The van der Waals surface area contributed by atoms with Crippen molar-refractivity contribution < 1.29 is 5.11 Å². The van der Waals surface area contributed by atoms with E-state index < -0.39 is 6.23 Å². The standard InChI is InChI=1S/C7H10N2O/c1-6(10)9-7-3-2-4-8-5-7/h2-6,9-10H,1H3. The molecular formula is C7H10N2O. The maximum absolute atomic E-state index is 8.87. The molecule has 1 aromatic rings. The molecule has 1 rings (SSSR count). The summed E-state index contributed by atoms with van der Waals surface area (Å²) in [4.78, 5) is 3.86. The molecule has 0 amide bonds. The predicted octanol–water partition coefficient (Wildman–Crippen LogP) is 0.832. The van der Waals surface area contributed by atoms with Crippen molar-refractivity contribution in [1.29, 1.82) is 0 Å². The molecule has 0 fully saturated rings. The van der Waals surface area contributed by atoms with Gasteiger partial charge in [0.25, 0.3) is 0 Å². The maximum Gasteiger partial charge on any atom is 0.121 e. The van der Waals surface area contributed by atoms with Crippen molar-refractivity contribution in [2.45, 2.75) is 13.2 Å². The molecule has 0 spiro atoms. The maximum atomic E-state index is 8.87. The van der Waals surface area contributed by atoms with Crippen molar-refractivity contribution in [2.75, 3.05) is 5.32 Å². The van der Waals surface area contributed by atoms with Gasteiger partial charge in [0.2, 0.25) is 0 Å². The molecule has 1 aromatic heterocycles. The summed E-state index contributed by atoms with van der Waals surface area (Å²) in [6.07, 6.45) is 2.82. The highest BCUT2D eigenvalue weighted by Crippen LogP contribution is 2.02. The van der Waals surface area contributed by atoms with E-state index in [1.54, 1.807) is 19.3 Å². The predicted molar refractivity (Wildman–Crippen MR) is 39.5 cm³/mol. The van der Waals surface area contributed by atoms with Crippen LogP contribution in [-0.2, 0) is 0 Å². The van der Waals surface area contributed by atoms with Gasteiger partial charge < -0.3 is 10.4 Å². The lowest BCUT2D eigenvalue weighted by Gasteiger charge is -2.06. The number of nitrogens with zero attached hydrogens (tertiary/aromatic N) is 1. The second kappa shape index (κ2) is 3.17. The monoisotopic (exact) mass is 138 g/mol. The summed E-state index contributed by atoms with van der Waals surface area (Å²) in [5.74, 6) is 0. The zero-order valence-electron chi connectivity index (χ0n) is 5.78. The Morgan fingerprint density at radius 1 is 1.70 bits per heavy atom. The number of hydrogen-bond donors (Lipinski definition) is 2. The molecule has 2 N–H and O–H groups in total. The zero-order valence-corrected chi connectivity index (χ0v) is 5.78.